The minimum atomic E-state index is 0.304. The predicted octanol–water partition coefficient (Wildman–Crippen LogP) is 3.11. The standard InChI is InChI=1S/C13H20O2.C3H6O2/c1-12-6-8-13(9-7-12)15-11-5-3-2-4-10-14;1-2-5-3-4/h6-9,14H,2-5,10-11H2,1H3;3H,2H2,1H3. The van der Waals surface area contributed by atoms with Crippen LogP contribution in [0, 0.1) is 6.92 Å². The highest BCUT2D eigenvalue weighted by Gasteiger charge is 1.93. The first-order chi connectivity index (χ1) is 9.74. The topological polar surface area (TPSA) is 55.8 Å². The largest absolute Gasteiger partial charge is 0.494 e. The third-order valence-electron chi connectivity index (χ3n) is 2.58. The van der Waals surface area contributed by atoms with E-state index in [9.17, 15) is 4.79 Å². The maximum Gasteiger partial charge on any atom is 0.293 e. The van der Waals surface area contributed by atoms with Gasteiger partial charge in [0.2, 0.25) is 0 Å². The van der Waals surface area contributed by atoms with Gasteiger partial charge in [0.25, 0.3) is 6.47 Å². The lowest BCUT2D eigenvalue weighted by Crippen LogP contribution is -1.97. The van der Waals surface area contributed by atoms with Crippen LogP contribution in [0.15, 0.2) is 24.3 Å². The van der Waals surface area contributed by atoms with Gasteiger partial charge in [0.1, 0.15) is 5.75 Å². The van der Waals surface area contributed by atoms with Crippen LogP contribution < -0.4 is 4.74 Å². The fourth-order valence-corrected chi connectivity index (χ4v) is 1.46. The summed E-state index contributed by atoms with van der Waals surface area (Å²) >= 11 is 0. The second kappa shape index (κ2) is 13.9. The first kappa shape index (κ1) is 18.4. The van der Waals surface area contributed by atoms with Crippen LogP contribution in [-0.4, -0.2) is 31.4 Å². The summed E-state index contributed by atoms with van der Waals surface area (Å²) in [6.45, 7) is 5.81. The van der Waals surface area contributed by atoms with Crippen molar-refractivity contribution in [1.29, 1.82) is 0 Å². The average Bonchev–Trinajstić information content (AvgIpc) is 2.46. The van der Waals surface area contributed by atoms with E-state index in [2.05, 4.69) is 23.8 Å². The van der Waals surface area contributed by atoms with Gasteiger partial charge in [-0.05, 0) is 45.2 Å². The Morgan fingerprint density at radius 2 is 1.75 bits per heavy atom. The second-order valence-corrected chi connectivity index (χ2v) is 4.35. The number of hydrogen-bond donors (Lipinski definition) is 1. The fourth-order valence-electron chi connectivity index (χ4n) is 1.46. The third-order valence-corrected chi connectivity index (χ3v) is 2.58. The molecule has 0 amide bonds. The molecule has 0 heterocycles. The quantitative estimate of drug-likeness (QED) is 0.558. The lowest BCUT2D eigenvalue weighted by Gasteiger charge is -2.05. The van der Waals surface area contributed by atoms with Crippen LogP contribution in [0.2, 0.25) is 0 Å². The monoisotopic (exact) mass is 282 g/mol. The van der Waals surface area contributed by atoms with E-state index in [4.69, 9.17) is 9.84 Å². The van der Waals surface area contributed by atoms with Crippen molar-refractivity contribution < 1.29 is 19.4 Å². The SMILES string of the molecule is CCOC=O.Cc1ccc(OCCCCCCO)cc1. The van der Waals surface area contributed by atoms with E-state index in [1.807, 2.05) is 12.1 Å². The van der Waals surface area contributed by atoms with Gasteiger partial charge in [0, 0.05) is 6.61 Å². The number of hydrogen-bond acceptors (Lipinski definition) is 4. The van der Waals surface area contributed by atoms with Crippen molar-refractivity contribution in [3.8, 4) is 5.75 Å². The Bertz CT molecular complexity index is 322. The molecule has 0 atom stereocenters. The van der Waals surface area contributed by atoms with Crippen molar-refractivity contribution in [2.45, 2.75) is 39.5 Å². The second-order valence-electron chi connectivity index (χ2n) is 4.35. The average molecular weight is 282 g/mol. The molecule has 4 heteroatoms. The molecule has 4 nitrogen and oxygen atoms in total. The minimum Gasteiger partial charge on any atom is -0.494 e. The molecule has 0 spiro atoms. The number of aliphatic hydroxyl groups is 1. The molecule has 1 aromatic rings. The minimum absolute atomic E-state index is 0.304. The molecule has 0 saturated heterocycles. The van der Waals surface area contributed by atoms with Gasteiger partial charge in [-0.2, -0.15) is 0 Å². The van der Waals surface area contributed by atoms with Crippen LogP contribution in [0.3, 0.4) is 0 Å². The van der Waals surface area contributed by atoms with Crippen LogP contribution in [-0.2, 0) is 9.53 Å². The lowest BCUT2D eigenvalue weighted by atomic mass is 10.2. The molecular formula is C16H26O4. The smallest absolute Gasteiger partial charge is 0.293 e. The maximum atomic E-state index is 9.18. The highest BCUT2D eigenvalue weighted by Crippen LogP contribution is 2.12. The zero-order chi connectivity index (χ0) is 15.1. The summed E-state index contributed by atoms with van der Waals surface area (Å²) < 4.78 is 9.73. The molecule has 0 unspecified atom stereocenters. The summed E-state index contributed by atoms with van der Waals surface area (Å²) in [5.41, 5.74) is 1.25. The van der Waals surface area contributed by atoms with Crippen molar-refractivity contribution in [2.75, 3.05) is 19.8 Å². The zero-order valence-corrected chi connectivity index (χ0v) is 12.5. The number of rotatable bonds is 9. The van der Waals surface area contributed by atoms with Crippen LogP contribution in [0.4, 0.5) is 0 Å². The Labute approximate surface area is 121 Å². The van der Waals surface area contributed by atoms with E-state index in [1.54, 1.807) is 6.92 Å². The highest BCUT2D eigenvalue weighted by atomic mass is 16.5. The normalized spacial score (nSPS) is 9.35. The Balaban J connectivity index is 0.000000621. The van der Waals surface area contributed by atoms with E-state index in [0.29, 0.717) is 19.7 Å². The Morgan fingerprint density at radius 1 is 1.10 bits per heavy atom. The lowest BCUT2D eigenvalue weighted by molar-refractivity contribution is -0.128. The number of aryl methyl sites for hydroxylation is 1. The fraction of sp³-hybridized carbons (Fsp3) is 0.562. The van der Waals surface area contributed by atoms with E-state index in [0.717, 1.165) is 38.0 Å². The van der Waals surface area contributed by atoms with Gasteiger partial charge >= 0.3 is 0 Å². The van der Waals surface area contributed by atoms with Crippen LogP contribution in [0.25, 0.3) is 0 Å². The molecule has 1 aromatic carbocycles. The molecule has 0 aromatic heterocycles. The molecule has 0 aliphatic rings. The summed E-state index contributed by atoms with van der Waals surface area (Å²) in [5, 5.41) is 8.60. The van der Waals surface area contributed by atoms with Crippen molar-refractivity contribution in [3.05, 3.63) is 29.8 Å². The van der Waals surface area contributed by atoms with E-state index in [-0.39, 0.29) is 0 Å². The van der Waals surface area contributed by atoms with Crippen molar-refractivity contribution in [3.63, 3.8) is 0 Å². The van der Waals surface area contributed by atoms with Gasteiger partial charge in [0.15, 0.2) is 0 Å². The predicted molar refractivity (Wildman–Crippen MR) is 79.9 cm³/mol. The number of unbranched alkanes of at least 4 members (excludes halogenated alkanes) is 3. The van der Waals surface area contributed by atoms with E-state index in [1.165, 1.54) is 5.56 Å². The van der Waals surface area contributed by atoms with Gasteiger partial charge in [-0.1, -0.05) is 24.1 Å². The molecule has 0 saturated carbocycles. The van der Waals surface area contributed by atoms with Crippen molar-refractivity contribution in [1.82, 2.24) is 0 Å². The Hall–Kier alpha value is -1.55. The van der Waals surface area contributed by atoms with Crippen molar-refractivity contribution in [2.24, 2.45) is 0 Å². The van der Waals surface area contributed by atoms with E-state index < -0.39 is 0 Å². The first-order valence-corrected chi connectivity index (χ1v) is 7.10. The molecule has 0 bridgehead atoms. The molecule has 114 valence electrons. The highest BCUT2D eigenvalue weighted by molar-refractivity contribution is 5.36. The van der Waals surface area contributed by atoms with Crippen LogP contribution in [0.1, 0.15) is 38.2 Å². The van der Waals surface area contributed by atoms with Crippen molar-refractivity contribution >= 4 is 6.47 Å². The molecule has 0 radical (unpaired) electrons. The van der Waals surface area contributed by atoms with Crippen LogP contribution in [0.5, 0.6) is 5.75 Å². The number of carbonyl (C=O) groups is 1. The first-order valence-electron chi connectivity index (χ1n) is 7.10. The van der Waals surface area contributed by atoms with Gasteiger partial charge in [0.05, 0.1) is 13.2 Å². The third kappa shape index (κ3) is 11.5. The zero-order valence-electron chi connectivity index (χ0n) is 12.5. The number of carbonyl (C=O) groups excluding carboxylic acids is 1. The Morgan fingerprint density at radius 3 is 2.25 bits per heavy atom. The summed E-state index contributed by atoms with van der Waals surface area (Å²) in [7, 11) is 0. The molecular weight excluding hydrogens is 256 g/mol. The maximum absolute atomic E-state index is 9.18. The van der Waals surface area contributed by atoms with Gasteiger partial charge in [-0.3, -0.25) is 4.79 Å². The summed E-state index contributed by atoms with van der Waals surface area (Å²) in [6, 6.07) is 8.12. The number of aliphatic hydroxyl groups excluding tert-OH is 1. The number of benzene rings is 1. The molecule has 20 heavy (non-hydrogen) atoms. The summed E-state index contributed by atoms with van der Waals surface area (Å²) in [4.78, 5) is 9.18. The van der Waals surface area contributed by atoms with Gasteiger partial charge < -0.3 is 14.6 Å². The van der Waals surface area contributed by atoms with Gasteiger partial charge in [-0.15, -0.1) is 0 Å². The van der Waals surface area contributed by atoms with Crippen LogP contribution >= 0.6 is 0 Å². The summed E-state index contributed by atoms with van der Waals surface area (Å²) in [6.07, 6.45) is 4.19. The Kier molecular flexibility index (Phi) is 12.8. The number of ether oxygens (including phenoxy) is 2. The van der Waals surface area contributed by atoms with Gasteiger partial charge in [-0.25, -0.2) is 0 Å². The molecule has 0 aliphatic heterocycles. The molecule has 0 fully saturated rings. The molecule has 1 N–H and O–H groups in total. The molecule has 1 rings (SSSR count). The molecule has 0 aliphatic carbocycles. The van der Waals surface area contributed by atoms with E-state index >= 15 is 0 Å². The summed E-state index contributed by atoms with van der Waals surface area (Å²) in [5.74, 6) is 0.947.